The second-order valence-corrected chi connectivity index (χ2v) is 3.43. The first-order chi connectivity index (χ1) is 7.72. The van der Waals surface area contributed by atoms with Crippen LogP contribution in [0, 0.1) is 5.82 Å². The lowest BCUT2D eigenvalue weighted by molar-refractivity contribution is 0.628. The standard InChI is InChI=1S/C14H16FN/c1-3-4-5-6-7-12(2)16-14-10-8-13(15)9-11-14/h3,5-11,16H,1,4H2,2H3/b6-5-,12-7+. The molecular weight excluding hydrogens is 201 g/mol. The fourth-order valence-corrected chi connectivity index (χ4v) is 1.19. The largest absolute Gasteiger partial charge is 0.359 e. The highest BCUT2D eigenvalue weighted by atomic mass is 19.1. The molecule has 1 rings (SSSR count). The molecule has 1 nitrogen and oxygen atoms in total. The molecule has 0 atom stereocenters. The number of benzene rings is 1. The van der Waals surface area contributed by atoms with Crippen LogP contribution >= 0.6 is 0 Å². The van der Waals surface area contributed by atoms with Gasteiger partial charge in [-0.05, 0) is 43.7 Å². The van der Waals surface area contributed by atoms with Gasteiger partial charge in [-0.15, -0.1) is 6.58 Å². The second-order valence-electron chi connectivity index (χ2n) is 3.43. The maximum Gasteiger partial charge on any atom is 0.123 e. The molecule has 0 spiro atoms. The molecule has 16 heavy (non-hydrogen) atoms. The summed E-state index contributed by atoms with van der Waals surface area (Å²) in [6, 6.07) is 6.28. The van der Waals surface area contributed by atoms with Crippen molar-refractivity contribution < 1.29 is 4.39 Å². The summed E-state index contributed by atoms with van der Waals surface area (Å²) in [6.07, 6.45) is 8.65. The molecule has 0 saturated heterocycles. The van der Waals surface area contributed by atoms with Crippen molar-refractivity contribution in [3.63, 3.8) is 0 Å². The van der Waals surface area contributed by atoms with Gasteiger partial charge in [0.15, 0.2) is 0 Å². The van der Waals surface area contributed by atoms with Gasteiger partial charge in [-0.25, -0.2) is 4.39 Å². The first-order valence-electron chi connectivity index (χ1n) is 5.19. The number of hydrogen-bond donors (Lipinski definition) is 1. The zero-order valence-corrected chi connectivity index (χ0v) is 9.41. The SMILES string of the molecule is C=CC/C=C\C=C(/C)Nc1ccc(F)cc1. The molecule has 0 bridgehead atoms. The van der Waals surface area contributed by atoms with Gasteiger partial charge >= 0.3 is 0 Å². The molecule has 0 fully saturated rings. The number of halogens is 1. The molecular formula is C14H16FN. The smallest absolute Gasteiger partial charge is 0.123 e. The van der Waals surface area contributed by atoms with Crippen LogP contribution in [0.3, 0.4) is 0 Å². The van der Waals surface area contributed by atoms with Gasteiger partial charge in [0.2, 0.25) is 0 Å². The summed E-state index contributed by atoms with van der Waals surface area (Å²) in [5.74, 6) is -0.224. The monoisotopic (exact) mass is 217 g/mol. The molecule has 1 N–H and O–H groups in total. The van der Waals surface area contributed by atoms with E-state index in [2.05, 4.69) is 11.9 Å². The zero-order chi connectivity index (χ0) is 11.8. The van der Waals surface area contributed by atoms with E-state index in [0.29, 0.717) is 0 Å². The Labute approximate surface area is 96.0 Å². The fourth-order valence-electron chi connectivity index (χ4n) is 1.19. The van der Waals surface area contributed by atoms with E-state index in [1.165, 1.54) is 12.1 Å². The van der Waals surface area contributed by atoms with Gasteiger partial charge in [0.25, 0.3) is 0 Å². The van der Waals surface area contributed by atoms with Gasteiger partial charge in [-0.3, -0.25) is 0 Å². The summed E-state index contributed by atoms with van der Waals surface area (Å²) >= 11 is 0. The van der Waals surface area contributed by atoms with Crippen molar-refractivity contribution in [3.8, 4) is 0 Å². The minimum Gasteiger partial charge on any atom is -0.359 e. The normalized spacial score (nSPS) is 11.8. The molecule has 1 aromatic carbocycles. The lowest BCUT2D eigenvalue weighted by Gasteiger charge is -2.05. The van der Waals surface area contributed by atoms with Crippen molar-refractivity contribution in [3.05, 3.63) is 66.7 Å². The van der Waals surface area contributed by atoms with Crippen molar-refractivity contribution in [1.29, 1.82) is 0 Å². The Hall–Kier alpha value is -1.83. The highest BCUT2D eigenvalue weighted by Crippen LogP contribution is 2.10. The molecule has 0 heterocycles. The summed E-state index contributed by atoms with van der Waals surface area (Å²) in [5.41, 5.74) is 1.89. The van der Waals surface area contributed by atoms with Gasteiger partial charge in [-0.1, -0.05) is 18.2 Å². The van der Waals surface area contributed by atoms with Crippen LogP contribution in [0.15, 0.2) is 60.8 Å². The lowest BCUT2D eigenvalue weighted by atomic mass is 10.3. The Morgan fingerprint density at radius 2 is 2.06 bits per heavy atom. The van der Waals surface area contributed by atoms with E-state index in [1.807, 2.05) is 31.2 Å². The third-order valence-corrected chi connectivity index (χ3v) is 1.97. The van der Waals surface area contributed by atoms with E-state index >= 15 is 0 Å². The van der Waals surface area contributed by atoms with Crippen LogP contribution in [0.4, 0.5) is 10.1 Å². The predicted molar refractivity (Wildman–Crippen MR) is 67.7 cm³/mol. The Morgan fingerprint density at radius 1 is 1.38 bits per heavy atom. The van der Waals surface area contributed by atoms with E-state index in [1.54, 1.807) is 12.1 Å². The molecule has 0 unspecified atom stereocenters. The number of hydrogen-bond acceptors (Lipinski definition) is 1. The van der Waals surface area contributed by atoms with E-state index < -0.39 is 0 Å². The van der Waals surface area contributed by atoms with Crippen molar-refractivity contribution in [2.45, 2.75) is 13.3 Å². The van der Waals surface area contributed by atoms with Crippen molar-refractivity contribution >= 4 is 5.69 Å². The lowest BCUT2D eigenvalue weighted by Crippen LogP contribution is -1.94. The number of allylic oxidation sites excluding steroid dienone is 5. The third kappa shape index (κ3) is 4.60. The molecule has 84 valence electrons. The summed E-state index contributed by atoms with van der Waals surface area (Å²) in [5, 5.41) is 3.16. The van der Waals surface area contributed by atoms with Gasteiger partial charge in [0.05, 0.1) is 0 Å². The highest BCUT2D eigenvalue weighted by Gasteiger charge is 1.92. The fraction of sp³-hybridized carbons (Fsp3) is 0.143. The van der Waals surface area contributed by atoms with Crippen LogP contribution in [-0.2, 0) is 0 Å². The second kappa shape index (κ2) is 6.62. The van der Waals surface area contributed by atoms with Crippen LogP contribution in [0.25, 0.3) is 0 Å². The number of nitrogens with one attached hydrogen (secondary N) is 1. The number of rotatable bonds is 5. The van der Waals surface area contributed by atoms with E-state index in [-0.39, 0.29) is 5.82 Å². The molecule has 0 aliphatic heterocycles. The van der Waals surface area contributed by atoms with Crippen molar-refractivity contribution in [2.24, 2.45) is 0 Å². The quantitative estimate of drug-likeness (QED) is 0.573. The third-order valence-electron chi connectivity index (χ3n) is 1.97. The van der Waals surface area contributed by atoms with Gasteiger partial charge in [-0.2, -0.15) is 0 Å². The molecule has 1 aromatic rings. The zero-order valence-electron chi connectivity index (χ0n) is 9.41. The minimum atomic E-state index is -0.224. The molecule has 0 radical (unpaired) electrons. The van der Waals surface area contributed by atoms with Gasteiger partial charge in [0.1, 0.15) is 5.82 Å². The molecule has 0 aliphatic rings. The van der Waals surface area contributed by atoms with E-state index in [4.69, 9.17) is 0 Å². The summed E-state index contributed by atoms with van der Waals surface area (Å²) in [4.78, 5) is 0. The minimum absolute atomic E-state index is 0.224. The van der Waals surface area contributed by atoms with E-state index in [9.17, 15) is 4.39 Å². The van der Waals surface area contributed by atoms with Crippen LogP contribution in [0.5, 0.6) is 0 Å². The molecule has 2 heteroatoms. The van der Waals surface area contributed by atoms with Crippen molar-refractivity contribution in [2.75, 3.05) is 5.32 Å². The predicted octanol–water partition coefficient (Wildman–Crippen LogP) is 4.27. The summed E-state index contributed by atoms with van der Waals surface area (Å²) in [6.45, 7) is 5.59. The van der Waals surface area contributed by atoms with Crippen molar-refractivity contribution in [1.82, 2.24) is 0 Å². The van der Waals surface area contributed by atoms with Crippen LogP contribution in [0.2, 0.25) is 0 Å². The molecule has 0 saturated carbocycles. The topological polar surface area (TPSA) is 12.0 Å². The summed E-state index contributed by atoms with van der Waals surface area (Å²) < 4.78 is 12.6. The van der Waals surface area contributed by atoms with Gasteiger partial charge < -0.3 is 5.32 Å². The van der Waals surface area contributed by atoms with E-state index in [0.717, 1.165) is 17.8 Å². The average Bonchev–Trinajstić information content (AvgIpc) is 2.28. The van der Waals surface area contributed by atoms with Crippen LogP contribution < -0.4 is 5.32 Å². The summed E-state index contributed by atoms with van der Waals surface area (Å²) in [7, 11) is 0. The Kier molecular flexibility index (Phi) is 5.06. The molecule has 0 aromatic heterocycles. The highest BCUT2D eigenvalue weighted by molar-refractivity contribution is 5.48. The Balaban J connectivity index is 2.53. The molecule has 0 amide bonds. The Bertz CT molecular complexity index is 388. The molecule has 0 aliphatic carbocycles. The van der Waals surface area contributed by atoms with Gasteiger partial charge in [0, 0.05) is 11.4 Å². The number of anilines is 1. The Morgan fingerprint density at radius 3 is 2.69 bits per heavy atom. The first-order valence-corrected chi connectivity index (χ1v) is 5.19. The average molecular weight is 217 g/mol. The first kappa shape index (κ1) is 12.2. The van der Waals surface area contributed by atoms with Crippen LogP contribution in [-0.4, -0.2) is 0 Å². The maximum atomic E-state index is 12.6. The maximum absolute atomic E-state index is 12.6. The van der Waals surface area contributed by atoms with Crippen LogP contribution in [0.1, 0.15) is 13.3 Å².